The number of anilines is 1. The first-order valence-corrected chi connectivity index (χ1v) is 7.81. The normalized spacial score (nSPS) is 10.7. The molecule has 24 heavy (non-hydrogen) atoms. The first-order valence-electron chi connectivity index (χ1n) is 6.93. The second kappa shape index (κ2) is 6.05. The predicted molar refractivity (Wildman–Crippen MR) is 86.9 cm³/mol. The molecule has 1 N–H and O–H groups in total. The van der Waals surface area contributed by atoms with Crippen molar-refractivity contribution in [1.82, 2.24) is 24.9 Å². The van der Waals surface area contributed by atoms with Crippen LogP contribution >= 0.6 is 11.3 Å². The molecule has 0 aliphatic heterocycles. The van der Waals surface area contributed by atoms with Gasteiger partial charge in [0.25, 0.3) is 11.9 Å². The Bertz CT molecular complexity index is 944. The Hall–Kier alpha value is -3.33. The van der Waals surface area contributed by atoms with Crippen LogP contribution in [0.25, 0.3) is 16.6 Å². The monoisotopic (exact) mass is 338 g/mol. The van der Waals surface area contributed by atoms with Gasteiger partial charge in [-0.2, -0.15) is 5.10 Å². The van der Waals surface area contributed by atoms with Gasteiger partial charge < -0.3 is 9.84 Å². The van der Waals surface area contributed by atoms with Crippen LogP contribution in [-0.4, -0.2) is 30.8 Å². The molecular formula is C15H10N6O2S. The molecule has 4 rings (SSSR count). The van der Waals surface area contributed by atoms with Crippen LogP contribution in [0.3, 0.4) is 0 Å². The van der Waals surface area contributed by atoms with E-state index >= 15 is 0 Å². The zero-order valence-corrected chi connectivity index (χ0v) is 13.0. The van der Waals surface area contributed by atoms with Crippen molar-refractivity contribution < 1.29 is 9.32 Å². The summed E-state index contributed by atoms with van der Waals surface area (Å²) >= 11 is 1.51. The predicted octanol–water partition coefficient (Wildman–Crippen LogP) is 2.63. The molecule has 0 aliphatic rings. The van der Waals surface area contributed by atoms with E-state index in [0.29, 0.717) is 17.4 Å². The maximum absolute atomic E-state index is 12.2. The van der Waals surface area contributed by atoms with Gasteiger partial charge in [-0.1, -0.05) is 11.2 Å². The highest BCUT2D eigenvalue weighted by atomic mass is 32.1. The maximum atomic E-state index is 12.2. The summed E-state index contributed by atoms with van der Waals surface area (Å²) in [5.41, 5.74) is 0.645. The van der Waals surface area contributed by atoms with E-state index in [1.54, 1.807) is 24.5 Å². The summed E-state index contributed by atoms with van der Waals surface area (Å²) in [4.78, 5) is 21.4. The van der Waals surface area contributed by atoms with Crippen molar-refractivity contribution >= 4 is 22.9 Å². The molecule has 0 spiro atoms. The van der Waals surface area contributed by atoms with Crippen LogP contribution in [0.5, 0.6) is 0 Å². The van der Waals surface area contributed by atoms with E-state index in [1.807, 2.05) is 17.5 Å². The Morgan fingerprint density at radius 3 is 2.83 bits per heavy atom. The average molecular weight is 338 g/mol. The standard InChI is InChI=1S/C15H10N6O2S/c22-14(11-7-12(23-20-11)13-3-1-6-24-13)19-10-8-16-15(17-9-10)21-5-2-4-18-21/h1-9H,(H,19,22). The highest BCUT2D eigenvalue weighted by molar-refractivity contribution is 7.13. The summed E-state index contributed by atoms with van der Waals surface area (Å²) in [5, 5.41) is 12.4. The van der Waals surface area contributed by atoms with Crippen LogP contribution < -0.4 is 5.32 Å². The van der Waals surface area contributed by atoms with Gasteiger partial charge in [0, 0.05) is 18.5 Å². The molecule has 0 saturated carbocycles. The van der Waals surface area contributed by atoms with E-state index in [2.05, 4.69) is 25.5 Å². The smallest absolute Gasteiger partial charge is 0.277 e. The molecule has 1 amide bonds. The molecule has 0 atom stereocenters. The Morgan fingerprint density at radius 1 is 1.25 bits per heavy atom. The van der Waals surface area contributed by atoms with Crippen molar-refractivity contribution in [2.24, 2.45) is 0 Å². The first-order chi connectivity index (χ1) is 11.8. The van der Waals surface area contributed by atoms with E-state index < -0.39 is 5.91 Å². The number of rotatable bonds is 4. The topological polar surface area (TPSA) is 98.7 Å². The van der Waals surface area contributed by atoms with Crippen molar-refractivity contribution in [3.05, 3.63) is 60.1 Å². The maximum Gasteiger partial charge on any atom is 0.277 e. The van der Waals surface area contributed by atoms with Crippen molar-refractivity contribution in [2.75, 3.05) is 5.32 Å². The van der Waals surface area contributed by atoms with Gasteiger partial charge in [0.15, 0.2) is 11.5 Å². The van der Waals surface area contributed by atoms with Gasteiger partial charge in [-0.25, -0.2) is 14.6 Å². The SMILES string of the molecule is O=C(Nc1cnc(-n2cccn2)nc1)c1cc(-c2cccs2)on1. The van der Waals surface area contributed by atoms with E-state index in [9.17, 15) is 4.79 Å². The van der Waals surface area contributed by atoms with Crippen LogP contribution in [-0.2, 0) is 0 Å². The molecule has 4 aromatic heterocycles. The molecule has 0 radical (unpaired) electrons. The molecule has 0 bridgehead atoms. The third-order valence-corrected chi connectivity index (χ3v) is 4.00. The van der Waals surface area contributed by atoms with Crippen molar-refractivity contribution in [3.63, 3.8) is 0 Å². The summed E-state index contributed by atoms with van der Waals surface area (Å²) in [5.74, 6) is 0.580. The largest absolute Gasteiger partial charge is 0.355 e. The summed E-state index contributed by atoms with van der Waals surface area (Å²) < 4.78 is 6.72. The molecule has 118 valence electrons. The van der Waals surface area contributed by atoms with Gasteiger partial charge in [-0.15, -0.1) is 11.3 Å². The molecule has 4 aromatic rings. The number of nitrogens with one attached hydrogen (secondary N) is 1. The molecular weight excluding hydrogens is 328 g/mol. The van der Waals surface area contributed by atoms with E-state index in [-0.39, 0.29) is 5.69 Å². The van der Waals surface area contributed by atoms with Gasteiger partial charge >= 0.3 is 0 Å². The molecule has 0 aliphatic carbocycles. The van der Waals surface area contributed by atoms with Gasteiger partial charge in [0.05, 0.1) is 23.0 Å². The second-order valence-corrected chi connectivity index (χ2v) is 5.68. The van der Waals surface area contributed by atoms with Crippen LogP contribution in [0.15, 0.2) is 59.0 Å². The third kappa shape index (κ3) is 2.79. The van der Waals surface area contributed by atoms with Crippen LogP contribution in [0, 0.1) is 0 Å². The lowest BCUT2D eigenvalue weighted by Crippen LogP contribution is -2.13. The molecule has 9 heteroatoms. The van der Waals surface area contributed by atoms with Gasteiger partial charge in [-0.3, -0.25) is 4.79 Å². The van der Waals surface area contributed by atoms with Crippen LogP contribution in [0.4, 0.5) is 5.69 Å². The van der Waals surface area contributed by atoms with Crippen LogP contribution in [0.1, 0.15) is 10.5 Å². The Morgan fingerprint density at radius 2 is 2.12 bits per heavy atom. The number of carbonyl (C=O) groups is 1. The number of amides is 1. The lowest BCUT2D eigenvalue weighted by atomic mass is 10.3. The van der Waals surface area contributed by atoms with Gasteiger partial charge in [0.2, 0.25) is 0 Å². The number of thiophene rings is 1. The van der Waals surface area contributed by atoms with Crippen molar-refractivity contribution in [2.45, 2.75) is 0 Å². The number of hydrogen-bond donors (Lipinski definition) is 1. The molecule has 0 saturated heterocycles. The summed E-state index contributed by atoms with van der Waals surface area (Å²) in [6, 6.07) is 7.17. The molecule has 0 unspecified atom stereocenters. The molecule has 0 fully saturated rings. The van der Waals surface area contributed by atoms with Gasteiger partial charge in [-0.05, 0) is 17.5 Å². The first kappa shape index (κ1) is 14.3. The molecule has 0 aromatic carbocycles. The number of nitrogens with zero attached hydrogens (tertiary/aromatic N) is 5. The second-order valence-electron chi connectivity index (χ2n) is 4.73. The van der Waals surface area contributed by atoms with Gasteiger partial charge in [0.1, 0.15) is 0 Å². The lowest BCUT2D eigenvalue weighted by molar-refractivity contribution is 0.101. The Labute approximate surface area is 139 Å². The zero-order valence-electron chi connectivity index (χ0n) is 12.2. The van der Waals surface area contributed by atoms with Crippen LogP contribution in [0.2, 0.25) is 0 Å². The Balaban J connectivity index is 1.48. The van der Waals surface area contributed by atoms with Crippen molar-refractivity contribution in [1.29, 1.82) is 0 Å². The number of carbonyl (C=O) groups excluding carboxylic acids is 1. The molecule has 4 heterocycles. The number of aromatic nitrogens is 5. The number of hydrogen-bond acceptors (Lipinski definition) is 7. The minimum absolute atomic E-state index is 0.189. The minimum Gasteiger partial charge on any atom is -0.355 e. The average Bonchev–Trinajstić information content (AvgIpc) is 3.35. The summed E-state index contributed by atoms with van der Waals surface area (Å²) in [6.07, 6.45) is 6.37. The highest BCUT2D eigenvalue weighted by Gasteiger charge is 2.15. The Kier molecular flexibility index (Phi) is 3.60. The molecule has 8 nitrogen and oxygen atoms in total. The quantitative estimate of drug-likeness (QED) is 0.614. The van der Waals surface area contributed by atoms with E-state index in [4.69, 9.17) is 4.52 Å². The fraction of sp³-hybridized carbons (Fsp3) is 0. The zero-order chi connectivity index (χ0) is 16.4. The lowest BCUT2D eigenvalue weighted by Gasteiger charge is -2.03. The fourth-order valence-corrected chi connectivity index (χ4v) is 2.68. The minimum atomic E-state index is -0.392. The van der Waals surface area contributed by atoms with Crippen molar-refractivity contribution in [3.8, 4) is 16.6 Å². The third-order valence-electron chi connectivity index (χ3n) is 3.11. The fourth-order valence-electron chi connectivity index (χ4n) is 2.00. The highest BCUT2D eigenvalue weighted by Crippen LogP contribution is 2.25. The summed E-state index contributed by atoms with van der Waals surface area (Å²) in [7, 11) is 0. The van der Waals surface area contributed by atoms with E-state index in [0.717, 1.165) is 4.88 Å². The summed E-state index contributed by atoms with van der Waals surface area (Å²) in [6.45, 7) is 0. The van der Waals surface area contributed by atoms with E-state index in [1.165, 1.54) is 28.4 Å².